The Balaban J connectivity index is 1.41. The number of aromatic nitrogens is 1. The molecule has 2 atom stereocenters. The number of nitrogens with zero attached hydrogens (tertiary/aromatic N) is 2. The van der Waals surface area contributed by atoms with Gasteiger partial charge in [0.25, 0.3) is 0 Å². The third-order valence-corrected chi connectivity index (χ3v) is 7.76. The number of carboxylic acid groups (broad SMARTS) is 1. The maximum Gasteiger partial charge on any atom is 0.303 e. The zero-order chi connectivity index (χ0) is 25.5. The van der Waals surface area contributed by atoms with Gasteiger partial charge in [0.2, 0.25) is 5.91 Å². The number of benzene rings is 2. The van der Waals surface area contributed by atoms with Crippen LogP contribution in [0.2, 0.25) is 0 Å². The Morgan fingerprint density at radius 2 is 1.97 bits per heavy atom. The Morgan fingerprint density at radius 3 is 2.69 bits per heavy atom. The van der Waals surface area contributed by atoms with Gasteiger partial charge in [-0.3, -0.25) is 14.6 Å². The van der Waals surface area contributed by atoms with Crippen LogP contribution in [0.25, 0.3) is 11.1 Å². The molecule has 2 unspecified atom stereocenters. The Hall–Kier alpha value is -3.98. The lowest BCUT2D eigenvalue weighted by atomic mass is 9.85. The van der Waals surface area contributed by atoms with Crippen LogP contribution in [0.1, 0.15) is 61.8 Å². The molecule has 2 aliphatic carbocycles. The molecule has 1 amide bonds. The molecule has 0 radical (unpaired) electrons. The highest BCUT2D eigenvalue weighted by atomic mass is 16.4. The molecule has 2 aliphatic rings. The zero-order valence-corrected chi connectivity index (χ0v) is 20.5. The fourth-order valence-corrected chi connectivity index (χ4v) is 6.01. The van der Waals surface area contributed by atoms with Gasteiger partial charge < -0.3 is 10.4 Å². The Morgan fingerprint density at radius 1 is 1.14 bits per heavy atom. The van der Waals surface area contributed by atoms with Crippen LogP contribution in [-0.4, -0.2) is 22.0 Å². The fraction of sp³-hybridized carbons (Fsp3) is 0.333. The predicted octanol–water partition coefficient (Wildman–Crippen LogP) is 5.61. The van der Waals surface area contributed by atoms with Crippen molar-refractivity contribution in [3.8, 4) is 17.2 Å². The van der Waals surface area contributed by atoms with Crippen molar-refractivity contribution in [2.75, 3.05) is 5.32 Å². The quantitative estimate of drug-likeness (QED) is 0.459. The number of carbonyl (C=O) groups is 2. The van der Waals surface area contributed by atoms with E-state index >= 15 is 0 Å². The predicted molar refractivity (Wildman–Crippen MR) is 137 cm³/mol. The average Bonchev–Trinajstić information content (AvgIpc) is 3.53. The van der Waals surface area contributed by atoms with Gasteiger partial charge in [0, 0.05) is 35.8 Å². The minimum Gasteiger partial charge on any atom is -0.481 e. The van der Waals surface area contributed by atoms with E-state index in [9.17, 15) is 14.9 Å². The van der Waals surface area contributed by atoms with E-state index in [1.165, 1.54) is 11.1 Å². The molecule has 3 aromatic rings. The molecular weight excluding hydrogens is 450 g/mol. The number of rotatable bonds is 7. The highest BCUT2D eigenvalue weighted by Gasteiger charge is 2.65. The molecule has 0 bridgehead atoms. The van der Waals surface area contributed by atoms with E-state index in [0.717, 1.165) is 29.5 Å². The summed E-state index contributed by atoms with van der Waals surface area (Å²) in [4.78, 5) is 28.8. The number of nitrogens with one attached hydrogen (secondary N) is 1. The van der Waals surface area contributed by atoms with Gasteiger partial charge in [-0.05, 0) is 77.1 Å². The average molecular weight is 480 g/mol. The van der Waals surface area contributed by atoms with Crippen LogP contribution in [0.3, 0.4) is 0 Å². The van der Waals surface area contributed by atoms with Crippen LogP contribution in [0, 0.1) is 17.2 Å². The van der Waals surface area contributed by atoms with Crippen LogP contribution in [0.15, 0.2) is 60.9 Å². The van der Waals surface area contributed by atoms with E-state index in [1.807, 2.05) is 24.4 Å². The number of nitriles is 1. The maximum atomic E-state index is 13.5. The number of pyridine rings is 1. The normalized spacial score (nSPS) is 21.0. The summed E-state index contributed by atoms with van der Waals surface area (Å²) in [5.41, 5.74) is 6.41. The third-order valence-electron chi connectivity index (χ3n) is 7.76. The van der Waals surface area contributed by atoms with Crippen molar-refractivity contribution in [3.63, 3.8) is 0 Å². The smallest absolute Gasteiger partial charge is 0.303 e. The van der Waals surface area contributed by atoms with Crippen LogP contribution in [0.4, 0.5) is 5.69 Å². The summed E-state index contributed by atoms with van der Waals surface area (Å²) in [6.07, 6.45) is 6.37. The SMILES string of the molecule is CC1(C)CC2(CC2C(=O)Nc2cc(C#N)ccc2CCCC(=O)O)c2cc(-c3cccnc3)ccc21. The second-order valence-electron chi connectivity index (χ2n) is 10.7. The largest absolute Gasteiger partial charge is 0.481 e. The van der Waals surface area contributed by atoms with Gasteiger partial charge in [0.15, 0.2) is 0 Å². The summed E-state index contributed by atoms with van der Waals surface area (Å²) in [5.74, 6) is -1.04. The van der Waals surface area contributed by atoms with E-state index in [1.54, 1.807) is 18.3 Å². The molecule has 36 heavy (non-hydrogen) atoms. The molecule has 0 aliphatic heterocycles. The van der Waals surface area contributed by atoms with Gasteiger partial charge in [0.1, 0.15) is 0 Å². The Bertz CT molecular complexity index is 1390. The molecule has 6 heteroatoms. The monoisotopic (exact) mass is 479 g/mol. The number of hydrogen-bond acceptors (Lipinski definition) is 4. The molecule has 5 rings (SSSR count). The number of anilines is 1. The molecule has 2 N–H and O–H groups in total. The van der Waals surface area contributed by atoms with E-state index in [4.69, 9.17) is 5.11 Å². The van der Waals surface area contributed by atoms with Gasteiger partial charge in [0.05, 0.1) is 11.6 Å². The fourth-order valence-electron chi connectivity index (χ4n) is 6.01. The molecule has 6 nitrogen and oxygen atoms in total. The number of carboxylic acids is 1. The van der Waals surface area contributed by atoms with Crippen molar-refractivity contribution in [2.45, 2.75) is 56.8 Å². The van der Waals surface area contributed by atoms with Crippen molar-refractivity contribution in [2.24, 2.45) is 5.92 Å². The topological polar surface area (TPSA) is 103 Å². The van der Waals surface area contributed by atoms with E-state index in [0.29, 0.717) is 24.1 Å². The molecular formula is C30H29N3O3. The molecule has 1 fully saturated rings. The van der Waals surface area contributed by atoms with E-state index < -0.39 is 5.97 Å². The minimum absolute atomic E-state index is 0.0272. The van der Waals surface area contributed by atoms with E-state index in [2.05, 4.69) is 48.4 Å². The first-order valence-electron chi connectivity index (χ1n) is 12.3. The third kappa shape index (κ3) is 4.26. The van der Waals surface area contributed by atoms with Crippen molar-refractivity contribution in [3.05, 3.63) is 83.2 Å². The van der Waals surface area contributed by atoms with Crippen molar-refractivity contribution >= 4 is 17.6 Å². The number of carbonyl (C=O) groups excluding carboxylic acids is 1. The Labute approximate surface area is 211 Å². The minimum atomic E-state index is -0.845. The second-order valence-corrected chi connectivity index (χ2v) is 10.7. The first kappa shape index (κ1) is 23.7. The zero-order valence-electron chi connectivity index (χ0n) is 20.5. The summed E-state index contributed by atoms with van der Waals surface area (Å²) >= 11 is 0. The summed E-state index contributed by atoms with van der Waals surface area (Å²) < 4.78 is 0. The van der Waals surface area contributed by atoms with Gasteiger partial charge in [-0.1, -0.05) is 44.2 Å². The summed E-state index contributed by atoms with van der Waals surface area (Å²) in [6, 6.07) is 17.9. The van der Waals surface area contributed by atoms with Gasteiger partial charge >= 0.3 is 5.97 Å². The number of aryl methyl sites for hydroxylation is 1. The molecule has 1 saturated carbocycles. The Kier molecular flexibility index (Phi) is 5.88. The highest BCUT2D eigenvalue weighted by Crippen LogP contribution is 2.66. The lowest BCUT2D eigenvalue weighted by Crippen LogP contribution is -2.22. The first-order chi connectivity index (χ1) is 17.2. The van der Waals surface area contributed by atoms with Gasteiger partial charge in [-0.25, -0.2) is 0 Å². The van der Waals surface area contributed by atoms with Crippen LogP contribution in [0.5, 0.6) is 0 Å². The summed E-state index contributed by atoms with van der Waals surface area (Å²) in [7, 11) is 0. The van der Waals surface area contributed by atoms with Crippen molar-refractivity contribution in [1.29, 1.82) is 5.26 Å². The van der Waals surface area contributed by atoms with Gasteiger partial charge in [-0.15, -0.1) is 0 Å². The lowest BCUT2D eigenvalue weighted by Gasteiger charge is -2.19. The van der Waals surface area contributed by atoms with Crippen LogP contribution >= 0.6 is 0 Å². The summed E-state index contributed by atoms with van der Waals surface area (Å²) in [6.45, 7) is 4.49. The van der Waals surface area contributed by atoms with E-state index in [-0.39, 0.29) is 29.1 Å². The second kappa shape index (κ2) is 8.91. The van der Waals surface area contributed by atoms with Crippen molar-refractivity contribution in [1.82, 2.24) is 4.98 Å². The lowest BCUT2D eigenvalue weighted by molar-refractivity contribution is -0.137. The number of amides is 1. The highest BCUT2D eigenvalue weighted by molar-refractivity contribution is 5.97. The molecule has 0 saturated heterocycles. The molecule has 182 valence electrons. The molecule has 1 heterocycles. The van der Waals surface area contributed by atoms with Crippen LogP contribution in [-0.2, 0) is 26.8 Å². The molecule has 1 spiro atoms. The maximum absolute atomic E-state index is 13.5. The van der Waals surface area contributed by atoms with Crippen molar-refractivity contribution < 1.29 is 14.7 Å². The summed E-state index contributed by atoms with van der Waals surface area (Å²) in [5, 5.41) is 21.4. The molecule has 2 aromatic carbocycles. The number of fused-ring (bicyclic) bond motifs is 2. The number of aliphatic carboxylic acids is 1. The molecule has 1 aromatic heterocycles. The van der Waals surface area contributed by atoms with Crippen LogP contribution < -0.4 is 5.32 Å². The standard InChI is InChI=1S/C30H29N3O3/c1-29(2)18-30(24-14-21(10-11-23(24)29)22-6-4-12-32-17-22)15-25(30)28(36)33-26-13-19(16-31)8-9-20(26)5-3-7-27(34)35/h4,6,8-14,17,25H,3,5,7,15,18H2,1-2H3,(H,33,36)(H,34,35). The van der Waals surface area contributed by atoms with Gasteiger partial charge in [-0.2, -0.15) is 5.26 Å². The number of hydrogen-bond donors (Lipinski definition) is 2. The first-order valence-corrected chi connectivity index (χ1v) is 12.3.